The second-order valence-electron chi connectivity index (χ2n) is 5.22. The van der Waals surface area contributed by atoms with Crippen LogP contribution in [-0.4, -0.2) is 15.1 Å². The SMILES string of the molecule is CCCCc1nc(-c2cccc(Oc3cccc(C#N)n3)c2)no1. The van der Waals surface area contributed by atoms with Crippen LogP contribution in [-0.2, 0) is 6.42 Å². The maximum Gasteiger partial charge on any atom is 0.226 e. The number of nitrogens with zero attached hydrogens (tertiary/aromatic N) is 4. The van der Waals surface area contributed by atoms with Crippen molar-refractivity contribution in [3.8, 4) is 29.1 Å². The Bertz CT molecular complexity index is 867. The number of hydrogen-bond donors (Lipinski definition) is 0. The number of pyridine rings is 1. The number of aromatic nitrogens is 3. The first-order valence-electron chi connectivity index (χ1n) is 7.76. The van der Waals surface area contributed by atoms with Crippen molar-refractivity contribution in [2.45, 2.75) is 26.2 Å². The minimum Gasteiger partial charge on any atom is -0.439 e. The Morgan fingerprint density at radius 3 is 2.88 bits per heavy atom. The molecule has 0 saturated heterocycles. The zero-order chi connectivity index (χ0) is 16.8. The van der Waals surface area contributed by atoms with Crippen LogP contribution in [0.4, 0.5) is 0 Å². The molecule has 3 rings (SSSR count). The Labute approximate surface area is 139 Å². The van der Waals surface area contributed by atoms with Crippen LogP contribution < -0.4 is 4.74 Å². The summed E-state index contributed by atoms with van der Waals surface area (Å²) in [5, 5.41) is 12.9. The number of nitriles is 1. The third-order valence-electron chi connectivity index (χ3n) is 3.37. The second-order valence-corrected chi connectivity index (χ2v) is 5.22. The van der Waals surface area contributed by atoms with Crippen molar-refractivity contribution < 1.29 is 9.26 Å². The topological polar surface area (TPSA) is 84.8 Å². The van der Waals surface area contributed by atoms with E-state index in [-0.39, 0.29) is 0 Å². The average molecular weight is 320 g/mol. The Hall–Kier alpha value is -3.20. The van der Waals surface area contributed by atoms with Gasteiger partial charge < -0.3 is 9.26 Å². The van der Waals surface area contributed by atoms with Crippen molar-refractivity contribution in [1.29, 1.82) is 5.26 Å². The van der Waals surface area contributed by atoms with Crippen molar-refractivity contribution in [2.75, 3.05) is 0 Å². The zero-order valence-corrected chi connectivity index (χ0v) is 13.3. The summed E-state index contributed by atoms with van der Waals surface area (Å²) in [6, 6.07) is 14.4. The highest BCUT2D eigenvalue weighted by Gasteiger charge is 2.10. The van der Waals surface area contributed by atoms with Gasteiger partial charge in [0.15, 0.2) is 0 Å². The Morgan fingerprint density at radius 2 is 2.04 bits per heavy atom. The maximum absolute atomic E-state index is 8.89. The summed E-state index contributed by atoms with van der Waals surface area (Å²) < 4.78 is 11.0. The highest BCUT2D eigenvalue weighted by atomic mass is 16.5. The molecule has 0 amide bonds. The van der Waals surface area contributed by atoms with Gasteiger partial charge in [-0.05, 0) is 24.6 Å². The third kappa shape index (κ3) is 3.76. The van der Waals surface area contributed by atoms with Gasteiger partial charge in [-0.15, -0.1) is 0 Å². The molecule has 2 aromatic heterocycles. The van der Waals surface area contributed by atoms with E-state index in [9.17, 15) is 0 Å². The average Bonchev–Trinajstić information content (AvgIpc) is 3.09. The van der Waals surface area contributed by atoms with Gasteiger partial charge >= 0.3 is 0 Å². The fourth-order valence-electron chi connectivity index (χ4n) is 2.16. The van der Waals surface area contributed by atoms with Gasteiger partial charge in [0.2, 0.25) is 17.6 Å². The second kappa shape index (κ2) is 7.38. The Morgan fingerprint density at radius 1 is 1.17 bits per heavy atom. The molecule has 2 heterocycles. The maximum atomic E-state index is 8.89. The van der Waals surface area contributed by atoms with E-state index >= 15 is 0 Å². The van der Waals surface area contributed by atoms with E-state index < -0.39 is 0 Å². The van der Waals surface area contributed by atoms with Gasteiger partial charge in [0, 0.05) is 18.1 Å². The van der Waals surface area contributed by atoms with Gasteiger partial charge in [0.05, 0.1) is 0 Å². The predicted octanol–water partition coefficient (Wildman–Crippen LogP) is 4.14. The summed E-state index contributed by atoms with van der Waals surface area (Å²) in [4.78, 5) is 8.50. The van der Waals surface area contributed by atoms with Crippen LogP contribution in [0.5, 0.6) is 11.6 Å². The van der Waals surface area contributed by atoms with Gasteiger partial charge in [0.1, 0.15) is 17.5 Å². The van der Waals surface area contributed by atoms with Crippen molar-refractivity contribution >= 4 is 0 Å². The largest absolute Gasteiger partial charge is 0.439 e. The molecule has 120 valence electrons. The molecule has 0 aliphatic carbocycles. The standard InChI is InChI=1S/C18H16N4O2/c1-2-3-9-17-21-18(22-24-17)13-6-4-8-15(11-13)23-16-10-5-7-14(12-19)20-16/h4-8,10-11H,2-3,9H2,1H3. The van der Waals surface area contributed by atoms with Gasteiger partial charge in [-0.25, -0.2) is 4.98 Å². The Kier molecular flexibility index (Phi) is 4.82. The van der Waals surface area contributed by atoms with E-state index in [0.717, 1.165) is 24.8 Å². The molecule has 0 aliphatic rings. The van der Waals surface area contributed by atoms with Crippen LogP contribution >= 0.6 is 0 Å². The van der Waals surface area contributed by atoms with Crippen molar-refractivity contribution in [2.24, 2.45) is 0 Å². The van der Waals surface area contributed by atoms with Crippen molar-refractivity contribution in [3.63, 3.8) is 0 Å². The number of benzene rings is 1. The van der Waals surface area contributed by atoms with Crippen LogP contribution in [0.1, 0.15) is 31.4 Å². The normalized spacial score (nSPS) is 10.3. The minimum atomic E-state index is 0.308. The summed E-state index contributed by atoms with van der Waals surface area (Å²) in [5.41, 5.74) is 1.11. The van der Waals surface area contributed by atoms with Crippen molar-refractivity contribution in [1.82, 2.24) is 15.1 Å². The highest BCUT2D eigenvalue weighted by Crippen LogP contribution is 2.25. The smallest absolute Gasteiger partial charge is 0.226 e. The Balaban J connectivity index is 1.78. The molecule has 0 unspecified atom stereocenters. The van der Waals surface area contributed by atoms with Gasteiger partial charge in [-0.3, -0.25) is 0 Å². The number of ether oxygens (including phenoxy) is 1. The molecule has 0 bridgehead atoms. The van der Waals surface area contributed by atoms with Crippen LogP contribution in [0.2, 0.25) is 0 Å². The van der Waals surface area contributed by atoms with Gasteiger partial charge in [-0.1, -0.05) is 36.7 Å². The van der Waals surface area contributed by atoms with E-state index in [4.69, 9.17) is 14.5 Å². The minimum absolute atomic E-state index is 0.308. The molecule has 1 aromatic carbocycles. The molecule has 0 N–H and O–H groups in total. The quantitative estimate of drug-likeness (QED) is 0.678. The van der Waals surface area contributed by atoms with Gasteiger partial charge in [-0.2, -0.15) is 10.2 Å². The van der Waals surface area contributed by atoms with E-state index in [1.807, 2.05) is 30.3 Å². The van der Waals surface area contributed by atoms with E-state index in [2.05, 4.69) is 22.0 Å². The van der Waals surface area contributed by atoms with Crippen LogP contribution in [0.25, 0.3) is 11.4 Å². The first kappa shape index (κ1) is 15.7. The molecule has 0 saturated carbocycles. The summed E-state index contributed by atoms with van der Waals surface area (Å²) in [6.07, 6.45) is 2.88. The highest BCUT2D eigenvalue weighted by molar-refractivity contribution is 5.57. The number of unbranched alkanes of at least 4 members (excludes halogenated alkanes) is 1. The molecule has 0 spiro atoms. The predicted molar refractivity (Wildman–Crippen MR) is 87.4 cm³/mol. The molecule has 0 atom stereocenters. The van der Waals surface area contributed by atoms with Crippen LogP contribution in [0.15, 0.2) is 47.0 Å². The molecular formula is C18H16N4O2. The number of rotatable bonds is 6. The third-order valence-corrected chi connectivity index (χ3v) is 3.37. The van der Waals surface area contributed by atoms with Crippen LogP contribution in [0.3, 0.4) is 0 Å². The molecule has 0 aliphatic heterocycles. The lowest BCUT2D eigenvalue weighted by Gasteiger charge is -2.05. The molecule has 6 heteroatoms. The summed E-state index contributed by atoms with van der Waals surface area (Å²) in [5.74, 6) is 2.13. The summed E-state index contributed by atoms with van der Waals surface area (Å²) in [6.45, 7) is 2.12. The molecule has 3 aromatic rings. The molecule has 6 nitrogen and oxygen atoms in total. The lowest BCUT2D eigenvalue weighted by Crippen LogP contribution is -1.91. The molecule has 24 heavy (non-hydrogen) atoms. The molecular weight excluding hydrogens is 304 g/mol. The van der Waals surface area contributed by atoms with E-state index in [0.29, 0.717) is 29.0 Å². The number of aryl methyl sites for hydroxylation is 1. The lowest BCUT2D eigenvalue weighted by molar-refractivity contribution is 0.375. The first-order valence-corrected chi connectivity index (χ1v) is 7.76. The zero-order valence-electron chi connectivity index (χ0n) is 13.3. The first-order chi connectivity index (χ1) is 11.8. The summed E-state index contributed by atoms with van der Waals surface area (Å²) in [7, 11) is 0. The summed E-state index contributed by atoms with van der Waals surface area (Å²) >= 11 is 0. The number of hydrogen-bond acceptors (Lipinski definition) is 6. The van der Waals surface area contributed by atoms with E-state index in [1.165, 1.54) is 0 Å². The van der Waals surface area contributed by atoms with Crippen LogP contribution in [0, 0.1) is 11.3 Å². The van der Waals surface area contributed by atoms with Crippen molar-refractivity contribution in [3.05, 3.63) is 54.0 Å². The fourth-order valence-corrected chi connectivity index (χ4v) is 2.16. The fraction of sp³-hybridized carbons (Fsp3) is 0.222. The lowest BCUT2D eigenvalue weighted by atomic mass is 10.2. The monoisotopic (exact) mass is 320 g/mol. The molecule has 0 radical (unpaired) electrons. The van der Waals surface area contributed by atoms with E-state index in [1.54, 1.807) is 18.2 Å². The molecule has 0 fully saturated rings. The van der Waals surface area contributed by atoms with Gasteiger partial charge in [0.25, 0.3) is 0 Å².